The lowest BCUT2D eigenvalue weighted by atomic mass is 9.98. The molecular weight excluding hydrogens is 516 g/mol. The van der Waals surface area contributed by atoms with Crippen LogP contribution in [0.4, 0.5) is 5.88 Å². The highest BCUT2D eigenvalue weighted by Crippen LogP contribution is 2.42. The third-order valence-corrected chi connectivity index (χ3v) is 5.78. The third kappa shape index (κ3) is 6.34. The van der Waals surface area contributed by atoms with Crippen LogP contribution >= 0.6 is 0 Å². The van der Waals surface area contributed by atoms with Crippen LogP contribution in [0.3, 0.4) is 0 Å². The number of anilines is 1. The number of furan rings is 1. The highest BCUT2D eigenvalue weighted by atomic mass is 16.6. The number of benzene rings is 3. The molecule has 40 heavy (non-hydrogen) atoms. The van der Waals surface area contributed by atoms with Crippen molar-refractivity contribution in [3.63, 3.8) is 0 Å². The summed E-state index contributed by atoms with van der Waals surface area (Å²) in [5.74, 6) is 0.922. The summed E-state index contributed by atoms with van der Waals surface area (Å²) < 4.78 is 32.1. The molecule has 4 rings (SSSR count). The van der Waals surface area contributed by atoms with Crippen LogP contribution in [-0.2, 0) is 14.3 Å². The lowest BCUT2D eigenvalue weighted by molar-refractivity contribution is -0.149. The first-order valence-corrected chi connectivity index (χ1v) is 12.0. The predicted octanol–water partition coefficient (Wildman–Crippen LogP) is 5.07. The molecule has 0 aliphatic carbocycles. The minimum atomic E-state index is -0.765. The number of carbonyl (C=O) groups excluding carboxylic acids is 2. The summed E-state index contributed by atoms with van der Waals surface area (Å²) in [7, 11) is 4.60. The van der Waals surface area contributed by atoms with E-state index in [-0.39, 0.29) is 11.4 Å². The molecule has 0 saturated heterocycles. The van der Waals surface area contributed by atoms with E-state index in [0.29, 0.717) is 45.4 Å². The molecule has 4 aromatic rings. The van der Waals surface area contributed by atoms with Crippen molar-refractivity contribution in [2.45, 2.75) is 0 Å². The molecule has 1 amide bonds. The van der Waals surface area contributed by atoms with Gasteiger partial charge >= 0.3 is 5.97 Å². The van der Waals surface area contributed by atoms with Gasteiger partial charge < -0.3 is 28.1 Å². The number of rotatable bonds is 11. The molecule has 0 fully saturated rings. The summed E-state index contributed by atoms with van der Waals surface area (Å²) in [6.45, 7) is -1.05. The van der Waals surface area contributed by atoms with Gasteiger partial charge in [-0.05, 0) is 54.1 Å². The van der Waals surface area contributed by atoms with Crippen molar-refractivity contribution in [1.82, 2.24) is 0 Å². The lowest BCUT2D eigenvalue weighted by Crippen LogP contribution is -2.23. The number of nitrogens with zero attached hydrogens (tertiary/aromatic N) is 1. The van der Waals surface area contributed by atoms with E-state index in [0.717, 1.165) is 0 Å². The summed E-state index contributed by atoms with van der Waals surface area (Å²) in [6, 6.07) is 23.1. The van der Waals surface area contributed by atoms with Gasteiger partial charge in [0.1, 0.15) is 28.9 Å². The number of amides is 1. The van der Waals surface area contributed by atoms with Crippen LogP contribution in [0.25, 0.3) is 22.5 Å². The molecule has 1 heterocycles. The van der Waals surface area contributed by atoms with Gasteiger partial charge in [-0.3, -0.25) is 10.1 Å². The van der Waals surface area contributed by atoms with Crippen LogP contribution in [-0.4, -0.2) is 46.4 Å². The summed E-state index contributed by atoms with van der Waals surface area (Å²) in [6.07, 6.45) is 0. The van der Waals surface area contributed by atoms with E-state index in [1.54, 1.807) is 87.0 Å². The lowest BCUT2D eigenvalue weighted by Gasteiger charge is -2.10. The van der Waals surface area contributed by atoms with Crippen molar-refractivity contribution in [3.8, 4) is 51.5 Å². The van der Waals surface area contributed by atoms with Crippen molar-refractivity contribution in [1.29, 1.82) is 5.26 Å². The van der Waals surface area contributed by atoms with Gasteiger partial charge in [0.05, 0.1) is 21.3 Å². The van der Waals surface area contributed by atoms with E-state index in [2.05, 4.69) is 11.4 Å². The van der Waals surface area contributed by atoms with Crippen LogP contribution in [0.15, 0.2) is 77.2 Å². The van der Waals surface area contributed by atoms with Crippen LogP contribution in [0.5, 0.6) is 23.0 Å². The average molecular weight is 543 g/mol. The molecule has 1 aromatic heterocycles. The minimum Gasteiger partial charge on any atom is -0.497 e. The predicted molar refractivity (Wildman–Crippen MR) is 145 cm³/mol. The van der Waals surface area contributed by atoms with Crippen molar-refractivity contribution in [3.05, 3.63) is 78.4 Å². The van der Waals surface area contributed by atoms with Crippen LogP contribution in [0, 0.1) is 11.3 Å². The Bertz CT molecular complexity index is 1520. The highest BCUT2D eigenvalue weighted by molar-refractivity contribution is 5.96. The second-order valence-electron chi connectivity index (χ2n) is 8.23. The third-order valence-electron chi connectivity index (χ3n) is 5.78. The van der Waals surface area contributed by atoms with Gasteiger partial charge in [0.15, 0.2) is 24.7 Å². The molecule has 204 valence electrons. The molecule has 0 unspecified atom stereocenters. The SMILES string of the molecule is COc1ccc(-c2oc(NC(=O)COC(=O)COc3ccccc3OC)c(C#N)c2-c2ccc(OC)cc2)cc1. The van der Waals surface area contributed by atoms with Gasteiger partial charge in [0.2, 0.25) is 5.88 Å². The first kappa shape index (κ1) is 27.6. The number of nitriles is 1. The maximum atomic E-state index is 12.7. The van der Waals surface area contributed by atoms with Crippen LogP contribution in [0.2, 0.25) is 0 Å². The first-order chi connectivity index (χ1) is 19.5. The summed E-state index contributed by atoms with van der Waals surface area (Å²) >= 11 is 0. The Morgan fingerprint density at radius 1 is 0.800 bits per heavy atom. The number of hydrogen-bond donors (Lipinski definition) is 1. The summed E-state index contributed by atoms with van der Waals surface area (Å²) in [5.41, 5.74) is 1.92. The fourth-order valence-corrected chi connectivity index (χ4v) is 3.83. The van der Waals surface area contributed by atoms with E-state index in [4.69, 9.17) is 28.1 Å². The molecule has 0 saturated carbocycles. The molecule has 10 heteroatoms. The van der Waals surface area contributed by atoms with Gasteiger partial charge in [-0.1, -0.05) is 24.3 Å². The zero-order valence-electron chi connectivity index (χ0n) is 22.1. The second kappa shape index (κ2) is 12.9. The molecule has 0 aliphatic rings. The molecular formula is C30H26N2O8. The van der Waals surface area contributed by atoms with E-state index in [9.17, 15) is 14.9 Å². The van der Waals surface area contributed by atoms with Crippen molar-refractivity contribution < 1.29 is 37.7 Å². The van der Waals surface area contributed by atoms with Gasteiger partial charge in [-0.25, -0.2) is 4.79 Å². The normalized spacial score (nSPS) is 10.2. The van der Waals surface area contributed by atoms with Crippen molar-refractivity contribution in [2.24, 2.45) is 0 Å². The maximum absolute atomic E-state index is 12.7. The zero-order valence-corrected chi connectivity index (χ0v) is 22.1. The van der Waals surface area contributed by atoms with E-state index >= 15 is 0 Å². The second-order valence-corrected chi connectivity index (χ2v) is 8.23. The molecule has 10 nitrogen and oxygen atoms in total. The molecule has 0 bridgehead atoms. The highest BCUT2D eigenvalue weighted by Gasteiger charge is 2.25. The fraction of sp³-hybridized carbons (Fsp3) is 0.167. The number of hydrogen-bond acceptors (Lipinski definition) is 9. The number of esters is 1. The molecule has 1 N–H and O–H groups in total. The molecule has 0 spiro atoms. The Balaban J connectivity index is 1.52. The number of carbonyl (C=O) groups is 2. The topological polar surface area (TPSA) is 129 Å². The van der Waals surface area contributed by atoms with E-state index < -0.39 is 25.1 Å². The first-order valence-electron chi connectivity index (χ1n) is 12.0. The molecule has 0 radical (unpaired) electrons. The summed E-state index contributed by atoms with van der Waals surface area (Å²) in [4.78, 5) is 24.8. The monoisotopic (exact) mass is 542 g/mol. The van der Waals surface area contributed by atoms with Gasteiger partial charge in [-0.2, -0.15) is 5.26 Å². The average Bonchev–Trinajstić information content (AvgIpc) is 3.36. The Morgan fingerprint density at radius 2 is 1.40 bits per heavy atom. The van der Waals surface area contributed by atoms with Crippen molar-refractivity contribution >= 4 is 17.8 Å². The molecule has 0 aliphatic heterocycles. The van der Waals surface area contributed by atoms with Gasteiger partial charge in [0.25, 0.3) is 5.91 Å². The smallest absolute Gasteiger partial charge is 0.344 e. The number of methoxy groups -OCH3 is 3. The minimum absolute atomic E-state index is 0.0783. The quantitative estimate of drug-likeness (QED) is 0.258. The Morgan fingerprint density at radius 3 is 1.98 bits per heavy atom. The van der Waals surface area contributed by atoms with Crippen LogP contribution < -0.4 is 24.3 Å². The molecule has 3 aromatic carbocycles. The van der Waals surface area contributed by atoms with Crippen LogP contribution in [0.1, 0.15) is 5.56 Å². The standard InChI is InChI=1S/C30H26N2O8/c1-35-21-12-8-19(9-13-21)28-23(16-31)30(40-29(28)20-10-14-22(36-2)15-11-20)32-26(33)17-39-27(34)18-38-25-7-5-4-6-24(25)37-3/h4-15H,17-18H2,1-3H3,(H,32,33). The van der Waals surface area contributed by atoms with Gasteiger partial charge in [-0.15, -0.1) is 0 Å². The maximum Gasteiger partial charge on any atom is 0.344 e. The fourth-order valence-electron chi connectivity index (χ4n) is 3.83. The largest absolute Gasteiger partial charge is 0.497 e. The van der Waals surface area contributed by atoms with E-state index in [1.165, 1.54) is 7.11 Å². The Hall–Kier alpha value is -5.43. The summed E-state index contributed by atoms with van der Waals surface area (Å²) in [5, 5.41) is 12.6. The number of nitrogens with one attached hydrogen (secondary N) is 1. The Labute approximate surface area is 230 Å². The zero-order chi connectivity index (χ0) is 28.5. The van der Waals surface area contributed by atoms with E-state index in [1.807, 2.05) is 0 Å². The Kier molecular flexibility index (Phi) is 8.89. The number of para-hydroxylation sites is 2. The number of ether oxygens (including phenoxy) is 5. The van der Waals surface area contributed by atoms with Crippen molar-refractivity contribution in [2.75, 3.05) is 39.9 Å². The van der Waals surface area contributed by atoms with Gasteiger partial charge in [0, 0.05) is 11.1 Å². The molecule has 0 atom stereocenters.